The van der Waals surface area contributed by atoms with E-state index in [0.29, 0.717) is 5.56 Å². The fourth-order valence-electron chi connectivity index (χ4n) is 1.45. The molecule has 0 radical (unpaired) electrons. The highest BCUT2D eigenvalue weighted by molar-refractivity contribution is 5.99. The quantitative estimate of drug-likeness (QED) is 0.222. The van der Waals surface area contributed by atoms with Crippen LogP contribution in [-0.2, 0) is 14.4 Å². The lowest BCUT2D eigenvalue weighted by molar-refractivity contribution is -0.138. The van der Waals surface area contributed by atoms with E-state index in [9.17, 15) is 9.90 Å². The second kappa shape index (κ2) is 7.53. The van der Waals surface area contributed by atoms with Gasteiger partial charge in [0.1, 0.15) is 7.11 Å². The minimum absolute atomic E-state index is 0.0952. The topological polar surface area (TPSA) is 96.3 Å². The molecule has 0 fully saturated rings. The molecule has 0 atom stereocenters. The summed E-state index contributed by atoms with van der Waals surface area (Å²) in [6.07, 6.45) is 1.35. The van der Waals surface area contributed by atoms with E-state index in [1.54, 1.807) is 25.1 Å². The van der Waals surface area contributed by atoms with Gasteiger partial charge in [-0.25, -0.2) is 4.79 Å². The average Bonchev–Trinajstić information content (AvgIpc) is 2.46. The molecule has 20 heavy (non-hydrogen) atoms. The molecule has 1 rings (SSSR count). The molecule has 104 valence electrons. The molecule has 0 amide bonds. The van der Waals surface area contributed by atoms with Gasteiger partial charge in [0, 0.05) is 11.1 Å². The first kappa shape index (κ1) is 15.2. The SMILES string of the molecule is CCOC(=O)/C([N+]#N)=C(\O)c1ccccc1/C=N/OC. The molecule has 0 heterocycles. The van der Waals surface area contributed by atoms with Crippen molar-refractivity contribution in [3.05, 3.63) is 46.1 Å². The van der Waals surface area contributed by atoms with Crippen LogP contribution in [0.2, 0.25) is 0 Å². The van der Waals surface area contributed by atoms with Crippen molar-refractivity contribution in [2.24, 2.45) is 5.16 Å². The first-order chi connectivity index (χ1) is 9.65. The van der Waals surface area contributed by atoms with Gasteiger partial charge in [-0.05, 0) is 6.92 Å². The molecule has 0 spiro atoms. The van der Waals surface area contributed by atoms with Crippen LogP contribution in [0.25, 0.3) is 10.7 Å². The second-order valence-corrected chi connectivity index (χ2v) is 3.52. The summed E-state index contributed by atoms with van der Waals surface area (Å²) >= 11 is 0. The lowest BCUT2D eigenvalue weighted by Crippen LogP contribution is -2.08. The first-order valence-electron chi connectivity index (χ1n) is 5.77. The van der Waals surface area contributed by atoms with E-state index < -0.39 is 17.4 Å². The standard InChI is InChI=1S/C13H13N3O4/c1-3-20-13(18)11(16-14)12(17)10-7-5-4-6-9(10)8-15-19-2/h4-8H,3H2,1-2H3/p+1/b15-8+. The van der Waals surface area contributed by atoms with E-state index in [1.165, 1.54) is 19.4 Å². The van der Waals surface area contributed by atoms with Crippen molar-refractivity contribution in [1.29, 1.82) is 5.39 Å². The minimum atomic E-state index is -0.925. The molecular weight excluding hydrogens is 262 g/mol. The highest BCUT2D eigenvalue weighted by Gasteiger charge is 2.32. The zero-order valence-electron chi connectivity index (χ0n) is 11.1. The van der Waals surface area contributed by atoms with Crippen LogP contribution in [0, 0.1) is 5.39 Å². The van der Waals surface area contributed by atoms with Gasteiger partial charge in [0.05, 0.1) is 12.8 Å². The maximum Gasteiger partial charge on any atom is 0.510 e. The van der Waals surface area contributed by atoms with Crippen molar-refractivity contribution in [2.45, 2.75) is 6.92 Å². The van der Waals surface area contributed by atoms with Gasteiger partial charge in [0.25, 0.3) is 0 Å². The van der Waals surface area contributed by atoms with Gasteiger partial charge in [0.2, 0.25) is 11.2 Å². The fraction of sp³-hybridized carbons (Fsp3) is 0.231. The van der Waals surface area contributed by atoms with Crippen molar-refractivity contribution in [2.75, 3.05) is 13.7 Å². The Balaban J connectivity index is 3.31. The van der Waals surface area contributed by atoms with Crippen LogP contribution in [-0.4, -0.2) is 31.0 Å². The van der Waals surface area contributed by atoms with Gasteiger partial charge < -0.3 is 14.7 Å². The number of esters is 1. The van der Waals surface area contributed by atoms with Crippen LogP contribution < -0.4 is 0 Å². The number of benzene rings is 1. The van der Waals surface area contributed by atoms with Crippen LogP contribution >= 0.6 is 0 Å². The summed E-state index contributed by atoms with van der Waals surface area (Å²) in [6.45, 7) is 1.70. The number of diazo groups is 1. The molecule has 0 bridgehead atoms. The molecule has 1 aromatic rings. The Morgan fingerprint density at radius 1 is 1.50 bits per heavy atom. The Hall–Kier alpha value is -2.88. The van der Waals surface area contributed by atoms with Gasteiger partial charge in [0.15, 0.2) is 4.98 Å². The number of rotatable bonds is 5. The molecule has 0 aliphatic heterocycles. The van der Waals surface area contributed by atoms with E-state index in [-0.39, 0.29) is 12.2 Å². The summed E-state index contributed by atoms with van der Waals surface area (Å²) in [5, 5.41) is 22.5. The maximum absolute atomic E-state index is 11.6. The van der Waals surface area contributed by atoms with Gasteiger partial charge in [-0.15, -0.1) is 0 Å². The highest BCUT2D eigenvalue weighted by Crippen LogP contribution is 2.21. The van der Waals surface area contributed by atoms with Crippen molar-refractivity contribution in [1.82, 2.24) is 0 Å². The van der Waals surface area contributed by atoms with Crippen LogP contribution in [0.1, 0.15) is 18.1 Å². The molecule has 0 aliphatic carbocycles. The second-order valence-electron chi connectivity index (χ2n) is 3.52. The van der Waals surface area contributed by atoms with Crippen molar-refractivity contribution in [3.63, 3.8) is 0 Å². The molecular formula is C13H14N3O4+. The summed E-state index contributed by atoms with van der Waals surface area (Å²) in [4.78, 5) is 18.9. The van der Waals surface area contributed by atoms with Crippen molar-refractivity contribution >= 4 is 17.9 Å². The predicted molar refractivity (Wildman–Crippen MR) is 72.3 cm³/mol. The largest absolute Gasteiger partial charge is 0.510 e. The maximum atomic E-state index is 11.6. The van der Waals surface area contributed by atoms with Gasteiger partial charge in [-0.3, -0.25) is 0 Å². The number of oxime groups is 1. The number of aliphatic hydroxyl groups excluding tert-OH is 1. The van der Waals surface area contributed by atoms with Crippen LogP contribution in [0.5, 0.6) is 0 Å². The summed E-state index contributed by atoms with van der Waals surface area (Å²) in [5.41, 5.74) is 0.163. The van der Waals surface area contributed by atoms with E-state index in [4.69, 9.17) is 5.39 Å². The minimum Gasteiger partial charge on any atom is -0.501 e. The van der Waals surface area contributed by atoms with Crippen LogP contribution in [0.4, 0.5) is 0 Å². The molecule has 0 saturated carbocycles. The van der Waals surface area contributed by atoms with E-state index in [2.05, 4.69) is 19.7 Å². The normalized spacial score (nSPS) is 11.7. The molecule has 1 N–H and O–H groups in total. The number of nitrogens with zero attached hydrogens (tertiary/aromatic N) is 3. The lowest BCUT2D eigenvalue weighted by atomic mass is 10.1. The van der Waals surface area contributed by atoms with Gasteiger partial charge >= 0.3 is 11.7 Å². The predicted octanol–water partition coefficient (Wildman–Crippen LogP) is 2.31. The summed E-state index contributed by atoms with van der Waals surface area (Å²) in [6, 6.07) is 6.55. The Labute approximate surface area is 115 Å². The molecule has 0 aromatic heterocycles. The molecule has 0 saturated heterocycles. The smallest absolute Gasteiger partial charge is 0.501 e. The Kier molecular flexibility index (Phi) is 5.72. The third-order valence-corrected chi connectivity index (χ3v) is 2.31. The summed E-state index contributed by atoms with van der Waals surface area (Å²) in [5.74, 6) is -1.44. The lowest BCUT2D eigenvalue weighted by Gasteiger charge is -2.02. The van der Waals surface area contributed by atoms with E-state index >= 15 is 0 Å². The molecule has 1 aromatic carbocycles. The molecule has 0 unspecified atom stereocenters. The molecule has 7 heteroatoms. The number of hydrogen-bond acceptors (Lipinski definition) is 6. The Morgan fingerprint density at radius 2 is 2.20 bits per heavy atom. The number of aliphatic hydroxyl groups is 1. The molecule has 7 nitrogen and oxygen atoms in total. The van der Waals surface area contributed by atoms with E-state index in [1.807, 2.05) is 0 Å². The Morgan fingerprint density at radius 3 is 2.80 bits per heavy atom. The third-order valence-electron chi connectivity index (χ3n) is 2.31. The fourth-order valence-corrected chi connectivity index (χ4v) is 1.45. The third kappa shape index (κ3) is 3.55. The Bertz CT molecular complexity index is 588. The summed E-state index contributed by atoms with van der Waals surface area (Å²) < 4.78 is 4.69. The average molecular weight is 276 g/mol. The zero-order chi connectivity index (χ0) is 15.0. The van der Waals surface area contributed by atoms with Crippen LogP contribution in [0.3, 0.4) is 0 Å². The monoisotopic (exact) mass is 276 g/mol. The molecule has 0 aliphatic rings. The number of carbonyl (C=O) groups excluding carboxylic acids is 1. The number of carbonyl (C=O) groups is 1. The number of ether oxygens (including phenoxy) is 1. The van der Waals surface area contributed by atoms with Crippen molar-refractivity contribution in [3.8, 4) is 0 Å². The highest BCUT2D eigenvalue weighted by atomic mass is 16.6. The van der Waals surface area contributed by atoms with E-state index in [0.717, 1.165) is 0 Å². The van der Waals surface area contributed by atoms with Gasteiger partial charge in [-0.2, -0.15) is 0 Å². The number of hydrogen-bond donors (Lipinski definition) is 1. The van der Waals surface area contributed by atoms with Crippen LogP contribution in [0.15, 0.2) is 35.1 Å². The summed E-state index contributed by atoms with van der Waals surface area (Å²) in [7, 11) is 1.38. The zero-order valence-corrected chi connectivity index (χ0v) is 11.1. The van der Waals surface area contributed by atoms with Gasteiger partial charge in [-0.1, -0.05) is 29.4 Å². The van der Waals surface area contributed by atoms with Crippen molar-refractivity contribution < 1.29 is 19.5 Å². The first-order valence-corrected chi connectivity index (χ1v) is 5.77.